The molecular weight excluding hydrogens is 340 g/mol. The van der Waals surface area contributed by atoms with Gasteiger partial charge >= 0.3 is 0 Å². The second kappa shape index (κ2) is 12.1. The van der Waals surface area contributed by atoms with Crippen LogP contribution in [0, 0.1) is 23.7 Å². The quantitative estimate of drug-likeness (QED) is 0.574. The summed E-state index contributed by atoms with van der Waals surface area (Å²) >= 11 is 0. The molecule has 1 heterocycles. The molecular formula is C26H46N2. The summed E-state index contributed by atoms with van der Waals surface area (Å²) in [5.74, 6) is 1.58. The second-order valence-corrected chi connectivity index (χ2v) is 10.2. The largest absolute Gasteiger partial charge is 0.405 e. The van der Waals surface area contributed by atoms with Gasteiger partial charge in [-0.1, -0.05) is 66.3 Å². The van der Waals surface area contributed by atoms with Gasteiger partial charge in [-0.25, -0.2) is 0 Å². The van der Waals surface area contributed by atoms with Gasteiger partial charge in [-0.2, -0.15) is 0 Å². The van der Waals surface area contributed by atoms with Crippen LogP contribution in [0.1, 0.15) is 77.0 Å². The van der Waals surface area contributed by atoms with Crippen LogP contribution in [-0.2, 0) is 6.42 Å². The maximum Gasteiger partial charge on any atom is 0.00207 e. The molecule has 2 nitrogen and oxygen atoms in total. The molecule has 1 aliphatic carbocycles. The first-order valence-electron chi connectivity index (χ1n) is 10.6. The van der Waals surface area contributed by atoms with Crippen molar-refractivity contribution in [3.8, 4) is 0 Å². The van der Waals surface area contributed by atoms with Crippen LogP contribution >= 0.6 is 0 Å². The average molecular weight is 387 g/mol. The Hall–Kier alpha value is -1.54. The summed E-state index contributed by atoms with van der Waals surface area (Å²) in [6.45, 7) is 27.3. The van der Waals surface area contributed by atoms with E-state index in [0.717, 1.165) is 11.8 Å². The van der Waals surface area contributed by atoms with E-state index in [9.17, 15) is 0 Å². The van der Waals surface area contributed by atoms with E-state index in [1.54, 1.807) is 5.56 Å². The number of rotatable bonds is 3. The van der Waals surface area contributed by atoms with Crippen molar-refractivity contribution >= 4 is 0 Å². The third-order valence-corrected chi connectivity index (χ3v) is 4.83. The van der Waals surface area contributed by atoms with Gasteiger partial charge in [0.15, 0.2) is 0 Å². The lowest BCUT2D eigenvalue weighted by molar-refractivity contribution is 0.0363. The fourth-order valence-electron chi connectivity index (χ4n) is 3.63. The average Bonchev–Trinajstić information content (AvgIpc) is 2.48. The zero-order valence-corrected chi connectivity index (χ0v) is 19.7. The van der Waals surface area contributed by atoms with Crippen molar-refractivity contribution in [2.45, 2.75) is 73.6 Å². The van der Waals surface area contributed by atoms with Crippen molar-refractivity contribution in [3.63, 3.8) is 0 Å². The Kier molecular flexibility index (Phi) is 11.4. The van der Waals surface area contributed by atoms with Crippen LogP contribution in [0.25, 0.3) is 0 Å². The lowest BCUT2D eigenvalue weighted by Gasteiger charge is -2.54. The summed E-state index contributed by atoms with van der Waals surface area (Å²) in [5, 5.41) is 3.42. The molecule has 2 heteroatoms. The fraction of sp³-hybridized carbons (Fsp3) is 0.615. The molecule has 1 aromatic carbocycles. The van der Waals surface area contributed by atoms with E-state index in [1.807, 2.05) is 0 Å². The molecule has 0 aromatic heterocycles. The highest BCUT2D eigenvalue weighted by atomic mass is 15.0. The molecule has 1 aliphatic heterocycles. The minimum absolute atomic E-state index is 0.500. The first-order valence-corrected chi connectivity index (χ1v) is 10.6. The number of hydrogen-bond acceptors (Lipinski definition) is 2. The zero-order chi connectivity index (χ0) is 22.0. The maximum atomic E-state index is 4.61. The van der Waals surface area contributed by atoms with E-state index in [2.05, 4.69) is 97.5 Å². The van der Waals surface area contributed by atoms with Crippen LogP contribution in [0.5, 0.6) is 0 Å². The normalized spacial score (nSPS) is 16.9. The Morgan fingerprint density at radius 1 is 1.18 bits per heavy atom. The van der Waals surface area contributed by atoms with Crippen LogP contribution in [0.2, 0.25) is 0 Å². The molecule has 0 radical (unpaired) electrons. The standard InChI is InChI=1S/C17H25N.C5H12.C2H5N.C2H4/c1-12(2)6-14-4-5-15(7-13(14)3)16-8-17(9-16)10-18-11-17;1-5(2,3)4;1-2-3;1-2/h4-5,7,12,16,18H,6,8-11H2,1-3H3;1-4H3;2H,1,3H2;1-2H2. The van der Waals surface area contributed by atoms with Crippen molar-refractivity contribution in [1.82, 2.24) is 5.32 Å². The second-order valence-electron chi connectivity index (χ2n) is 10.2. The van der Waals surface area contributed by atoms with Gasteiger partial charge in [-0.15, -0.1) is 13.2 Å². The Balaban J connectivity index is 0.000000619. The van der Waals surface area contributed by atoms with Gasteiger partial charge in [0.2, 0.25) is 0 Å². The van der Waals surface area contributed by atoms with Crippen molar-refractivity contribution < 1.29 is 0 Å². The first kappa shape index (κ1) is 26.5. The van der Waals surface area contributed by atoms with Crippen LogP contribution < -0.4 is 11.1 Å². The van der Waals surface area contributed by atoms with E-state index in [-0.39, 0.29) is 0 Å². The highest BCUT2D eigenvalue weighted by Crippen LogP contribution is 2.53. The molecule has 2 fully saturated rings. The number of aryl methyl sites for hydroxylation is 1. The summed E-state index contributed by atoms with van der Waals surface area (Å²) in [4.78, 5) is 0. The number of benzene rings is 1. The van der Waals surface area contributed by atoms with Crippen LogP contribution in [0.4, 0.5) is 0 Å². The van der Waals surface area contributed by atoms with Gasteiger partial charge in [0.05, 0.1) is 0 Å². The Labute approximate surface area is 175 Å². The molecule has 1 aromatic rings. The molecule has 2 aliphatic rings. The van der Waals surface area contributed by atoms with Gasteiger partial charge in [-0.05, 0) is 71.7 Å². The predicted octanol–water partition coefficient (Wildman–Crippen LogP) is 6.60. The zero-order valence-electron chi connectivity index (χ0n) is 19.7. The molecule has 1 spiro atoms. The number of hydrogen-bond donors (Lipinski definition) is 2. The highest BCUT2D eigenvalue weighted by molar-refractivity contribution is 5.35. The summed E-state index contributed by atoms with van der Waals surface area (Å²) in [5.41, 5.74) is 10.4. The lowest BCUT2D eigenvalue weighted by Crippen LogP contribution is -2.59. The molecule has 3 rings (SSSR count). The highest BCUT2D eigenvalue weighted by Gasteiger charge is 2.48. The molecule has 0 amide bonds. The van der Waals surface area contributed by atoms with E-state index >= 15 is 0 Å². The van der Waals surface area contributed by atoms with Crippen LogP contribution in [-0.4, -0.2) is 13.1 Å². The Morgan fingerprint density at radius 2 is 1.64 bits per heavy atom. The Bertz CT molecular complexity index is 563. The van der Waals surface area contributed by atoms with Gasteiger partial charge in [-0.3, -0.25) is 0 Å². The van der Waals surface area contributed by atoms with Crippen molar-refractivity contribution in [2.75, 3.05) is 13.1 Å². The lowest BCUT2D eigenvalue weighted by atomic mass is 9.57. The van der Waals surface area contributed by atoms with E-state index in [1.165, 1.54) is 49.7 Å². The first-order chi connectivity index (χ1) is 13.0. The van der Waals surface area contributed by atoms with Crippen molar-refractivity contribution in [1.29, 1.82) is 0 Å². The predicted molar refractivity (Wildman–Crippen MR) is 128 cm³/mol. The molecule has 160 valence electrons. The smallest absolute Gasteiger partial charge is 0.00207 e. The molecule has 0 bridgehead atoms. The van der Waals surface area contributed by atoms with Gasteiger partial charge in [0.1, 0.15) is 0 Å². The molecule has 0 unspecified atom stereocenters. The summed E-state index contributed by atoms with van der Waals surface area (Å²) in [6.07, 6.45) is 5.27. The van der Waals surface area contributed by atoms with Gasteiger partial charge in [0, 0.05) is 13.1 Å². The summed E-state index contributed by atoms with van der Waals surface area (Å²) in [6, 6.07) is 7.20. The number of nitrogens with two attached hydrogens (primary N) is 1. The van der Waals surface area contributed by atoms with Gasteiger partial charge < -0.3 is 11.1 Å². The SMILES string of the molecule is C=C.C=CN.CC(C)(C)C.Cc1cc(C2CC3(CNC3)C2)ccc1CC(C)C. The summed E-state index contributed by atoms with van der Waals surface area (Å²) < 4.78 is 0. The fourth-order valence-corrected chi connectivity index (χ4v) is 3.63. The van der Waals surface area contributed by atoms with Crippen LogP contribution in [0.15, 0.2) is 44.1 Å². The van der Waals surface area contributed by atoms with Crippen LogP contribution in [0.3, 0.4) is 0 Å². The minimum Gasteiger partial charge on any atom is -0.405 e. The Morgan fingerprint density at radius 3 is 1.96 bits per heavy atom. The maximum absolute atomic E-state index is 4.61. The topological polar surface area (TPSA) is 38.0 Å². The molecule has 0 atom stereocenters. The van der Waals surface area contributed by atoms with Gasteiger partial charge in [0.25, 0.3) is 0 Å². The van der Waals surface area contributed by atoms with E-state index in [0.29, 0.717) is 10.8 Å². The monoisotopic (exact) mass is 386 g/mol. The third kappa shape index (κ3) is 9.59. The van der Waals surface area contributed by atoms with Crippen molar-refractivity contribution in [2.24, 2.45) is 22.5 Å². The minimum atomic E-state index is 0.500. The summed E-state index contributed by atoms with van der Waals surface area (Å²) in [7, 11) is 0. The third-order valence-electron chi connectivity index (χ3n) is 4.83. The molecule has 3 N–H and O–H groups in total. The molecule has 1 saturated carbocycles. The molecule has 1 saturated heterocycles. The van der Waals surface area contributed by atoms with E-state index in [4.69, 9.17) is 0 Å². The molecule has 28 heavy (non-hydrogen) atoms. The number of nitrogens with one attached hydrogen (secondary N) is 1. The van der Waals surface area contributed by atoms with E-state index < -0.39 is 0 Å². The van der Waals surface area contributed by atoms with Crippen molar-refractivity contribution in [3.05, 3.63) is 60.8 Å².